The van der Waals surface area contributed by atoms with E-state index in [9.17, 15) is 0 Å². The van der Waals surface area contributed by atoms with Gasteiger partial charge in [-0.25, -0.2) is 0 Å². The maximum absolute atomic E-state index is 0. The minimum atomic E-state index is 0. The molecular weight excluding hydrogens is 553 g/mol. The fourth-order valence-electron chi connectivity index (χ4n) is 0. The molecule has 0 atom stereocenters. The molecule has 0 rings (SSSR count). The van der Waals surface area contributed by atoms with Crippen LogP contribution in [0.5, 0.6) is 0 Å². The second-order valence-corrected chi connectivity index (χ2v) is 0. The molecule has 0 aromatic heterocycles. The molecular formula is H6BaCaCuGdLaO. The summed E-state index contributed by atoms with van der Waals surface area (Å²) in [7, 11) is 0. The first-order valence-corrected chi connectivity index (χ1v) is 0. The topological polar surface area (TPSA) is 31.5 Å². The van der Waals surface area contributed by atoms with Crippen molar-refractivity contribution < 1.29 is 104 Å². The first-order valence-electron chi connectivity index (χ1n) is 0. The summed E-state index contributed by atoms with van der Waals surface area (Å²) >= 11 is 0. The average molecular weight is 559 g/mol. The van der Waals surface area contributed by atoms with Crippen LogP contribution in [0.4, 0.5) is 0 Å². The standard InChI is InChI=1S/Ba.Ca.Cu.Gd.La.H2O.4H/h;;;;;1H2;;;;/q2*+2;;;;;4*-1. The largest absolute Gasteiger partial charge is 2.00 e. The molecule has 0 aromatic carbocycles. The van der Waals surface area contributed by atoms with E-state index in [4.69, 9.17) is 0 Å². The van der Waals surface area contributed by atoms with Gasteiger partial charge in [-0.05, 0) is 0 Å². The Bertz CT molecular complexity index is 25.2. The van der Waals surface area contributed by atoms with Crippen molar-refractivity contribution in [1.29, 1.82) is 0 Å². The monoisotopic (exact) mass is 560 g/mol. The first kappa shape index (κ1) is 40.8. The molecule has 0 saturated carbocycles. The first-order chi connectivity index (χ1) is 0. The summed E-state index contributed by atoms with van der Waals surface area (Å²) in [4.78, 5) is 0. The second kappa shape index (κ2) is 30.8. The van der Waals surface area contributed by atoms with Crippen molar-refractivity contribution in [3.8, 4) is 0 Å². The van der Waals surface area contributed by atoms with E-state index in [1.807, 2.05) is 0 Å². The molecule has 38 valence electrons. The number of hydrogen-bond donors (Lipinski definition) is 0. The van der Waals surface area contributed by atoms with E-state index in [1.165, 1.54) is 0 Å². The van der Waals surface area contributed by atoms with Crippen molar-refractivity contribution in [2.45, 2.75) is 0 Å². The molecule has 0 heterocycles. The molecule has 0 unspecified atom stereocenters. The van der Waals surface area contributed by atoms with Gasteiger partial charge in [-0.3, -0.25) is 0 Å². The van der Waals surface area contributed by atoms with Crippen LogP contribution in [0.1, 0.15) is 5.71 Å². The van der Waals surface area contributed by atoms with E-state index in [0.29, 0.717) is 0 Å². The normalized spacial score (nSPS) is 0. The van der Waals surface area contributed by atoms with Gasteiger partial charge < -0.3 is 11.2 Å². The Kier molecular flexibility index (Phi) is 209. The van der Waals surface area contributed by atoms with Gasteiger partial charge in [0.1, 0.15) is 0 Å². The minimum absolute atomic E-state index is 0. The van der Waals surface area contributed by atoms with Gasteiger partial charge >= 0.3 is 86.6 Å². The van der Waals surface area contributed by atoms with Crippen LogP contribution >= 0.6 is 0 Å². The van der Waals surface area contributed by atoms with Crippen LogP contribution in [0, 0.1) is 75.5 Å². The van der Waals surface area contributed by atoms with Gasteiger partial charge in [-0.15, -0.1) is 0 Å². The molecule has 1 nitrogen and oxygen atoms in total. The Morgan fingerprint density at radius 1 is 1.17 bits per heavy atom. The average Bonchev–Trinajstić information content (AvgIpc) is 0. The molecule has 2 N–H and O–H groups in total. The molecule has 0 amide bonds. The summed E-state index contributed by atoms with van der Waals surface area (Å²) in [5.41, 5.74) is 0. The summed E-state index contributed by atoms with van der Waals surface area (Å²) in [5.74, 6) is 0. The zero-order valence-corrected chi connectivity index (χ0v) is 16.6. The van der Waals surface area contributed by atoms with Crippen LogP contribution in [0.15, 0.2) is 0 Å². The van der Waals surface area contributed by atoms with Crippen LogP contribution in [-0.4, -0.2) is 92.1 Å². The Morgan fingerprint density at radius 2 is 1.17 bits per heavy atom. The Balaban J connectivity index is 0. The van der Waals surface area contributed by atoms with Gasteiger partial charge in [0.2, 0.25) is 0 Å². The third-order valence-corrected chi connectivity index (χ3v) is 0. The van der Waals surface area contributed by atoms with E-state index < -0.39 is 0 Å². The quantitative estimate of drug-likeness (QED) is 0.337. The van der Waals surface area contributed by atoms with Crippen LogP contribution in [0.3, 0.4) is 0 Å². The summed E-state index contributed by atoms with van der Waals surface area (Å²) < 4.78 is 0. The maximum atomic E-state index is 0. The van der Waals surface area contributed by atoms with Gasteiger partial charge in [0.05, 0.1) is 0 Å². The minimum Gasteiger partial charge on any atom is -1.00 e. The molecule has 0 aromatic rings. The fourth-order valence-corrected chi connectivity index (χ4v) is 0. The summed E-state index contributed by atoms with van der Waals surface area (Å²) in [6.07, 6.45) is 0. The Labute approximate surface area is 184 Å². The van der Waals surface area contributed by atoms with E-state index >= 15 is 0 Å². The molecule has 0 saturated heterocycles. The predicted molar refractivity (Wildman–Crippen MR) is 19.6 cm³/mol. The molecule has 0 aliphatic carbocycles. The molecule has 0 aliphatic heterocycles. The Morgan fingerprint density at radius 3 is 1.17 bits per heavy atom. The number of rotatable bonds is 0. The smallest absolute Gasteiger partial charge is 1.00 e. The van der Waals surface area contributed by atoms with Crippen molar-refractivity contribution in [3.05, 3.63) is 0 Å². The van der Waals surface area contributed by atoms with Gasteiger partial charge in [0.15, 0.2) is 0 Å². The molecule has 0 bridgehead atoms. The molecule has 2 radical (unpaired) electrons. The number of hydrogen-bond acceptors (Lipinski definition) is 0. The van der Waals surface area contributed by atoms with Crippen molar-refractivity contribution >= 4 is 86.6 Å². The summed E-state index contributed by atoms with van der Waals surface area (Å²) in [6.45, 7) is 0. The van der Waals surface area contributed by atoms with Crippen molar-refractivity contribution in [1.82, 2.24) is 0 Å². The van der Waals surface area contributed by atoms with E-state index in [0.717, 1.165) is 0 Å². The zero-order valence-electron chi connectivity index (χ0n) is 7.15. The van der Waals surface area contributed by atoms with E-state index in [2.05, 4.69) is 0 Å². The van der Waals surface area contributed by atoms with Crippen molar-refractivity contribution in [2.75, 3.05) is 0 Å². The third kappa shape index (κ3) is 22.5. The fraction of sp³-hybridized carbons (Fsp3) is 0. The molecule has 0 spiro atoms. The van der Waals surface area contributed by atoms with Crippen LogP contribution in [-0.2, 0) is 17.1 Å². The molecule has 6 heteroatoms. The molecule has 0 aliphatic rings. The molecule has 6 heavy (non-hydrogen) atoms. The predicted octanol–water partition coefficient (Wildman–Crippen LogP) is -1.14. The van der Waals surface area contributed by atoms with Gasteiger partial charge in [-0.2, -0.15) is 0 Å². The zero-order chi connectivity index (χ0) is 0. The van der Waals surface area contributed by atoms with Crippen LogP contribution in [0.25, 0.3) is 0 Å². The van der Waals surface area contributed by atoms with Gasteiger partial charge in [0, 0.05) is 92.6 Å². The molecule has 0 fully saturated rings. The van der Waals surface area contributed by atoms with E-state index in [-0.39, 0.29) is 190 Å². The van der Waals surface area contributed by atoms with Gasteiger partial charge in [-0.1, -0.05) is 0 Å². The summed E-state index contributed by atoms with van der Waals surface area (Å²) in [5, 5.41) is 0. The SMILES string of the molecule is O.[Ba+2].[Ca+2].[Cu].[Gd].[H-].[H-].[H-].[H-].[La]. The maximum Gasteiger partial charge on any atom is 2.00 e. The van der Waals surface area contributed by atoms with Crippen molar-refractivity contribution in [2.24, 2.45) is 0 Å². The van der Waals surface area contributed by atoms with Crippen LogP contribution < -0.4 is 0 Å². The summed E-state index contributed by atoms with van der Waals surface area (Å²) in [6, 6.07) is 0. The Hall–Kier alpha value is 5.83. The van der Waals surface area contributed by atoms with Crippen molar-refractivity contribution in [3.63, 3.8) is 0 Å². The van der Waals surface area contributed by atoms with Crippen LogP contribution in [0.2, 0.25) is 0 Å². The van der Waals surface area contributed by atoms with Gasteiger partial charge in [0.25, 0.3) is 0 Å². The van der Waals surface area contributed by atoms with E-state index in [1.54, 1.807) is 0 Å². The second-order valence-electron chi connectivity index (χ2n) is 0. The third-order valence-electron chi connectivity index (χ3n) is 0.